The van der Waals surface area contributed by atoms with Gasteiger partial charge in [-0.1, -0.05) is 12.1 Å². The second kappa shape index (κ2) is 7.35. The number of amides is 1. The fourth-order valence-electron chi connectivity index (χ4n) is 2.38. The van der Waals surface area contributed by atoms with E-state index < -0.39 is 11.9 Å². The third-order valence-electron chi connectivity index (χ3n) is 3.68. The van der Waals surface area contributed by atoms with E-state index in [0.29, 0.717) is 5.69 Å². The van der Waals surface area contributed by atoms with Crippen LogP contribution in [0.1, 0.15) is 26.4 Å². The number of para-hydroxylation sites is 1. The number of nitrogens with one attached hydrogen (secondary N) is 1. The maximum atomic E-state index is 12.0. The number of hydrogen-bond donors (Lipinski definition) is 3. The fraction of sp³-hybridized carbons (Fsp3) is 0. The summed E-state index contributed by atoms with van der Waals surface area (Å²) in [5, 5.41) is 22.5. The quantitative estimate of drug-likeness (QED) is 0.486. The summed E-state index contributed by atoms with van der Waals surface area (Å²) in [5.74, 6) is -1.64. The predicted octanol–water partition coefficient (Wildman–Crippen LogP) is 2.65. The van der Waals surface area contributed by atoms with Crippen LogP contribution in [-0.2, 0) is 0 Å². The van der Waals surface area contributed by atoms with Crippen molar-refractivity contribution < 1.29 is 19.8 Å². The van der Waals surface area contributed by atoms with Crippen LogP contribution < -0.4 is 5.43 Å². The number of benzene rings is 2. The molecule has 1 amide bonds. The highest BCUT2D eigenvalue weighted by Crippen LogP contribution is 2.15. The van der Waals surface area contributed by atoms with Crippen molar-refractivity contribution in [3.63, 3.8) is 0 Å². The van der Waals surface area contributed by atoms with E-state index in [4.69, 9.17) is 5.11 Å². The SMILES string of the molecule is O=C(O)c1ccc(-n2cccc2C=NNC(=O)c2ccccc2O)cc1. The van der Waals surface area contributed by atoms with Gasteiger partial charge in [-0.3, -0.25) is 4.79 Å². The van der Waals surface area contributed by atoms with Crippen molar-refractivity contribution in [1.82, 2.24) is 9.99 Å². The van der Waals surface area contributed by atoms with E-state index in [2.05, 4.69) is 10.5 Å². The third-order valence-corrected chi connectivity index (χ3v) is 3.68. The Morgan fingerprint density at radius 1 is 1.00 bits per heavy atom. The van der Waals surface area contributed by atoms with Crippen LogP contribution >= 0.6 is 0 Å². The van der Waals surface area contributed by atoms with Crippen molar-refractivity contribution in [2.24, 2.45) is 5.10 Å². The number of aromatic nitrogens is 1. The van der Waals surface area contributed by atoms with E-state index >= 15 is 0 Å². The van der Waals surface area contributed by atoms with E-state index in [1.807, 2.05) is 0 Å². The minimum absolute atomic E-state index is 0.123. The van der Waals surface area contributed by atoms with Gasteiger partial charge in [-0.05, 0) is 48.5 Å². The van der Waals surface area contributed by atoms with Crippen molar-refractivity contribution in [3.05, 3.63) is 83.7 Å². The van der Waals surface area contributed by atoms with Gasteiger partial charge in [0.25, 0.3) is 5.91 Å². The van der Waals surface area contributed by atoms with Crippen LogP contribution in [0.3, 0.4) is 0 Å². The molecular weight excluding hydrogens is 334 g/mol. The van der Waals surface area contributed by atoms with Crippen LogP contribution in [0, 0.1) is 0 Å². The lowest BCUT2D eigenvalue weighted by atomic mass is 10.2. The smallest absolute Gasteiger partial charge is 0.335 e. The highest BCUT2D eigenvalue weighted by molar-refractivity contribution is 5.97. The van der Waals surface area contributed by atoms with Gasteiger partial charge < -0.3 is 14.8 Å². The normalized spacial score (nSPS) is 10.8. The largest absolute Gasteiger partial charge is 0.507 e. The number of rotatable bonds is 5. The first kappa shape index (κ1) is 17.0. The Hall–Kier alpha value is -3.87. The molecule has 0 unspecified atom stereocenters. The Balaban J connectivity index is 1.74. The van der Waals surface area contributed by atoms with Crippen LogP contribution in [0.15, 0.2) is 72.0 Å². The summed E-state index contributed by atoms with van der Waals surface area (Å²) in [7, 11) is 0. The average molecular weight is 349 g/mol. The van der Waals surface area contributed by atoms with Gasteiger partial charge in [0, 0.05) is 11.9 Å². The molecule has 1 aromatic heterocycles. The number of carboxylic acids is 1. The number of nitrogens with zero attached hydrogens (tertiary/aromatic N) is 2. The molecule has 2 aromatic carbocycles. The number of aromatic hydroxyl groups is 1. The Morgan fingerprint density at radius 3 is 2.42 bits per heavy atom. The van der Waals surface area contributed by atoms with Gasteiger partial charge in [-0.25, -0.2) is 10.2 Å². The van der Waals surface area contributed by atoms with E-state index in [1.54, 1.807) is 47.2 Å². The Kier molecular flexibility index (Phi) is 4.80. The molecule has 0 spiro atoms. The molecule has 7 heteroatoms. The molecule has 0 saturated carbocycles. The van der Waals surface area contributed by atoms with Crippen molar-refractivity contribution in [2.45, 2.75) is 0 Å². The lowest BCUT2D eigenvalue weighted by Gasteiger charge is -2.07. The summed E-state index contributed by atoms with van der Waals surface area (Å²) in [4.78, 5) is 22.9. The summed E-state index contributed by atoms with van der Waals surface area (Å²) in [6.07, 6.45) is 3.25. The average Bonchev–Trinajstić information content (AvgIpc) is 3.10. The molecule has 0 radical (unpaired) electrons. The molecule has 7 nitrogen and oxygen atoms in total. The van der Waals surface area contributed by atoms with Crippen LogP contribution in [0.4, 0.5) is 0 Å². The summed E-state index contributed by atoms with van der Waals surface area (Å²) < 4.78 is 1.79. The topological polar surface area (TPSA) is 104 Å². The summed E-state index contributed by atoms with van der Waals surface area (Å²) in [5.41, 5.74) is 4.13. The van der Waals surface area contributed by atoms with Gasteiger partial charge in [0.1, 0.15) is 5.75 Å². The molecular formula is C19H15N3O4. The van der Waals surface area contributed by atoms with Gasteiger partial charge in [0.05, 0.1) is 23.0 Å². The second-order valence-corrected chi connectivity index (χ2v) is 5.37. The highest BCUT2D eigenvalue weighted by atomic mass is 16.4. The maximum Gasteiger partial charge on any atom is 0.335 e. The van der Waals surface area contributed by atoms with E-state index in [0.717, 1.165) is 5.69 Å². The molecule has 26 heavy (non-hydrogen) atoms. The minimum atomic E-state index is -0.988. The lowest BCUT2D eigenvalue weighted by molar-refractivity contribution is 0.0696. The molecule has 0 aliphatic heterocycles. The van der Waals surface area contributed by atoms with Gasteiger partial charge in [0.2, 0.25) is 0 Å². The molecule has 130 valence electrons. The summed E-state index contributed by atoms with van der Waals surface area (Å²) in [6.45, 7) is 0. The number of carbonyl (C=O) groups is 2. The molecule has 3 aromatic rings. The number of aromatic carboxylic acids is 1. The first-order chi connectivity index (χ1) is 12.6. The summed E-state index contributed by atoms with van der Waals surface area (Å²) >= 11 is 0. The molecule has 0 fully saturated rings. The molecule has 3 rings (SSSR count). The van der Waals surface area contributed by atoms with Gasteiger partial charge in [0.15, 0.2) is 0 Å². The van der Waals surface area contributed by atoms with Crippen molar-refractivity contribution in [2.75, 3.05) is 0 Å². The van der Waals surface area contributed by atoms with E-state index in [9.17, 15) is 14.7 Å². The standard InChI is InChI=1S/C19H15N3O4/c23-17-6-2-1-5-16(17)18(24)21-20-12-15-4-3-11-22(15)14-9-7-13(8-10-14)19(25)26/h1-12,23H,(H,21,24)(H,25,26). The zero-order valence-corrected chi connectivity index (χ0v) is 13.5. The molecule has 0 saturated heterocycles. The number of hydrogen-bond acceptors (Lipinski definition) is 4. The van der Waals surface area contributed by atoms with Crippen molar-refractivity contribution in [3.8, 4) is 11.4 Å². The van der Waals surface area contributed by atoms with Crippen LogP contribution in [-0.4, -0.2) is 32.9 Å². The number of phenols is 1. The van der Waals surface area contributed by atoms with Gasteiger partial charge >= 0.3 is 5.97 Å². The maximum absolute atomic E-state index is 12.0. The third kappa shape index (κ3) is 3.62. The fourth-order valence-corrected chi connectivity index (χ4v) is 2.38. The van der Waals surface area contributed by atoms with Crippen LogP contribution in [0.5, 0.6) is 5.75 Å². The lowest BCUT2D eigenvalue weighted by Crippen LogP contribution is -2.17. The zero-order chi connectivity index (χ0) is 18.5. The van der Waals surface area contributed by atoms with Crippen molar-refractivity contribution >= 4 is 18.1 Å². The first-order valence-corrected chi connectivity index (χ1v) is 7.69. The molecule has 0 aliphatic rings. The van der Waals surface area contributed by atoms with Gasteiger partial charge in [-0.2, -0.15) is 5.10 Å². The molecule has 0 bridgehead atoms. The molecule has 0 aliphatic carbocycles. The molecule has 1 heterocycles. The zero-order valence-electron chi connectivity index (χ0n) is 13.5. The van der Waals surface area contributed by atoms with Crippen molar-refractivity contribution in [1.29, 1.82) is 0 Å². The number of carbonyl (C=O) groups excluding carboxylic acids is 1. The molecule has 0 atom stereocenters. The number of hydrazone groups is 1. The van der Waals surface area contributed by atoms with E-state index in [1.165, 1.54) is 30.5 Å². The Morgan fingerprint density at radius 2 is 1.73 bits per heavy atom. The highest BCUT2D eigenvalue weighted by Gasteiger charge is 2.09. The number of phenolic OH excluding ortho intramolecular Hbond substituents is 1. The summed E-state index contributed by atoms with van der Waals surface area (Å²) in [6, 6.07) is 16.2. The predicted molar refractivity (Wildman–Crippen MR) is 95.9 cm³/mol. The van der Waals surface area contributed by atoms with Crippen LogP contribution in [0.2, 0.25) is 0 Å². The molecule has 3 N–H and O–H groups in total. The van der Waals surface area contributed by atoms with Gasteiger partial charge in [-0.15, -0.1) is 0 Å². The monoisotopic (exact) mass is 349 g/mol. The number of carboxylic acid groups (broad SMARTS) is 1. The Bertz CT molecular complexity index is 974. The first-order valence-electron chi connectivity index (χ1n) is 7.69. The van der Waals surface area contributed by atoms with Crippen LogP contribution in [0.25, 0.3) is 5.69 Å². The van der Waals surface area contributed by atoms with E-state index in [-0.39, 0.29) is 16.9 Å². The Labute approximate surface area is 148 Å². The second-order valence-electron chi connectivity index (χ2n) is 5.37. The minimum Gasteiger partial charge on any atom is -0.507 e.